The number of nitrogens with zero attached hydrogens (tertiary/aromatic N) is 1. The summed E-state index contributed by atoms with van der Waals surface area (Å²) in [6, 6.07) is 6.42. The lowest BCUT2D eigenvalue weighted by Gasteiger charge is -2.29. The predicted molar refractivity (Wildman–Crippen MR) is 58.0 cm³/mol. The van der Waals surface area contributed by atoms with Crippen LogP contribution in [0.2, 0.25) is 0 Å². The highest BCUT2D eigenvalue weighted by atomic mass is 14.9. The van der Waals surface area contributed by atoms with Crippen LogP contribution in [0.3, 0.4) is 0 Å². The van der Waals surface area contributed by atoms with E-state index in [9.17, 15) is 0 Å². The molecule has 0 aromatic heterocycles. The first-order chi connectivity index (χ1) is 6.84. The van der Waals surface area contributed by atoms with Crippen LogP contribution in [-0.2, 0) is 6.42 Å². The lowest BCUT2D eigenvalue weighted by molar-refractivity contribution is 0.562. The zero-order valence-electron chi connectivity index (χ0n) is 8.16. The molecule has 0 amide bonds. The van der Waals surface area contributed by atoms with Crippen LogP contribution in [0.4, 0.5) is 5.69 Å². The van der Waals surface area contributed by atoms with Gasteiger partial charge in [-0.1, -0.05) is 12.1 Å². The molecule has 0 spiro atoms. The summed E-state index contributed by atoms with van der Waals surface area (Å²) in [5.41, 5.74) is 9.94. The molecule has 1 unspecified atom stereocenters. The molecule has 1 aliphatic carbocycles. The Kier molecular flexibility index (Phi) is 1.63. The SMILES string of the molecule is NC1=Nc2cccc3c2C(CCC3)C1. The fourth-order valence-electron chi connectivity index (χ4n) is 2.73. The summed E-state index contributed by atoms with van der Waals surface area (Å²) in [5.74, 6) is 1.45. The van der Waals surface area contributed by atoms with Gasteiger partial charge in [0, 0.05) is 6.42 Å². The normalized spacial score (nSPS) is 24.0. The lowest BCUT2D eigenvalue weighted by atomic mass is 9.79. The van der Waals surface area contributed by atoms with Gasteiger partial charge in [-0.05, 0) is 42.4 Å². The first-order valence-electron chi connectivity index (χ1n) is 5.29. The third kappa shape index (κ3) is 1.07. The fraction of sp³-hybridized carbons (Fsp3) is 0.417. The van der Waals surface area contributed by atoms with Gasteiger partial charge >= 0.3 is 0 Å². The molecule has 14 heavy (non-hydrogen) atoms. The monoisotopic (exact) mass is 186 g/mol. The topological polar surface area (TPSA) is 38.4 Å². The van der Waals surface area contributed by atoms with Crippen LogP contribution in [0.5, 0.6) is 0 Å². The highest BCUT2D eigenvalue weighted by molar-refractivity contribution is 5.87. The molecule has 2 N–H and O–H groups in total. The highest BCUT2D eigenvalue weighted by Crippen LogP contribution is 2.42. The zero-order chi connectivity index (χ0) is 9.54. The van der Waals surface area contributed by atoms with Crippen molar-refractivity contribution in [2.24, 2.45) is 10.7 Å². The van der Waals surface area contributed by atoms with Gasteiger partial charge in [0.1, 0.15) is 5.84 Å². The van der Waals surface area contributed by atoms with Crippen LogP contribution < -0.4 is 5.73 Å². The Bertz CT molecular complexity index is 407. The van der Waals surface area contributed by atoms with Crippen molar-refractivity contribution in [1.29, 1.82) is 0 Å². The van der Waals surface area contributed by atoms with Gasteiger partial charge in [0.25, 0.3) is 0 Å². The van der Waals surface area contributed by atoms with Gasteiger partial charge < -0.3 is 5.73 Å². The third-order valence-corrected chi connectivity index (χ3v) is 3.30. The second-order valence-electron chi connectivity index (χ2n) is 4.25. The van der Waals surface area contributed by atoms with Crippen LogP contribution in [0.25, 0.3) is 0 Å². The molecular weight excluding hydrogens is 172 g/mol. The van der Waals surface area contributed by atoms with Gasteiger partial charge in [-0.15, -0.1) is 0 Å². The van der Waals surface area contributed by atoms with Gasteiger partial charge in [0.15, 0.2) is 0 Å². The number of aryl methyl sites for hydroxylation is 1. The van der Waals surface area contributed by atoms with Gasteiger partial charge in [-0.2, -0.15) is 0 Å². The summed E-state index contributed by atoms with van der Waals surface area (Å²) in [7, 11) is 0. The number of amidine groups is 1. The largest absolute Gasteiger partial charge is 0.387 e. The number of aliphatic imine (C=N–C) groups is 1. The van der Waals surface area contributed by atoms with Crippen molar-refractivity contribution in [3.8, 4) is 0 Å². The van der Waals surface area contributed by atoms with Gasteiger partial charge in [0.05, 0.1) is 5.69 Å². The molecule has 2 nitrogen and oxygen atoms in total. The maximum atomic E-state index is 5.84. The Morgan fingerprint density at radius 3 is 3.21 bits per heavy atom. The minimum Gasteiger partial charge on any atom is -0.387 e. The third-order valence-electron chi connectivity index (χ3n) is 3.30. The summed E-state index contributed by atoms with van der Waals surface area (Å²) in [6.07, 6.45) is 4.76. The van der Waals surface area contributed by atoms with Crippen molar-refractivity contribution in [3.05, 3.63) is 29.3 Å². The first kappa shape index (κ1) is 8.04. The number of hydrogen-bond acceptors (Lipinski definition) is 2. The van der Waals surface area contributed by atoms with Crippen LogP contribution in [0.1, 0.15) is 36.3 Å². The van der Waals surface area contributed by atoms with Crippen molar-refractivity contribution in [3.63, 3.8) is 0 Å². The highest BCUT2D eigenvalue weighted by Gasteiger charge is 2.26. The fourth-order valence-corrected chi connectivity index (χ4v) is 2.73. The summed E-state index contributed by atoms with van der Waals surface area (Å²) in [4.78, 5) is 4.43. The van der Waals surface area contributed by atoms with E-state index in [1.54, 1.807) is 0 Å². The van der Waals surface area contributed by atoms with E-state index in [0.29, 0.717) is 5.92 Å². The molecule has 1 heterocycles. The molecule has 3 rings (SSSR count). The summed E-state index contributed by atoms with van der Waals surface area (Å²) in [5, 5.41) is 0. The molecule has 0 saturated carbocycles. The second-order valence-corrected chi connectivity index (χ2v) is 4.25. The molecule has 1 aliphatic heterocycles. The van der Waals surface area contributed by atoms with Crippen LogP contribution in [0.15, 0.2) is 23.2 Å². The first-order valence-corrected chi connectivity index (χ1v) is 5.29. The van der Waals surface area contributed by atoms with E-state index in [-0.39, 0.29) is 0 Å². The molecule has 1 aromatic rings. The molecule has 1 atom stereocenters. The average molecular weight is 186 g/mol. The number of rotatable bonds is 0. The lowest BCUT2D eigenvalue weighted by Crippen LogP contribution is -2.22. The van der Waals surface area contributed by atoms with Crippen molar-refractivity contribution in [2.75, 3.05) is 0 Å². The minimum absolute atomic E-state index is 0.646. The smallest absolute Gasteiger partial charge is 0.100 e. The molecule has 0 fully saturated rings. The van der Waals surface area contributed by atoms with Crippen molar-refractivity contribution in [1.82, 2.24) is 0 Å². The Labute approximate surface area is 83.8 Å². The molecule has 0 bridgehead atoms. The second kappa shape index (κ2) is 2.84. The molecule has 1 aromatic carbocycles. The van der Waals surface area contributed by atoms with E-state index < -0.39 is 0 Å². The summed E-state index contributed by atoms with van der Waals surface area (Å²) < 4.78 is 0. The van der Waals surface area contributed by atoms with Gasteiger partial charge in [-0.3, -0.25) is 0 Å². The Morgan fingerprint density at radius 1 is 1.36 bits per heavy atom. The standard InChI is InChI=1S/C12H14N2/c13-11-7-9-5-1-3-8-4-2-6-10(14-11)12(8)9/h2,4,6,9H,1,3,5,7H2,(H2,13,14). The maximum absolute atomic E-state index is 5.84. The molecule has 0 saturated heterocycles. The van der Waals surface area contributed by atoms with Crippen LogP contribution in [0, 0.1) is 0 Å². The van der Waals surface area contributed by atoms with Crippen molar-refractivity contribution in [2.45, 2.75) is 31.6 Å². The number of hydrogen-bond donors (Lipinski definition) is 1. The van der Waals surface area contributed by atoms with Gasteiger partial charge in [0.2, 0.25) is 0 Å². The quantitative estimate of drug-likeness (QED) is 0.664. The van der Waals surface area contributed by atoms with E-state index in [1.165, 1.54) is 30.4 Å². The van der Waals surface area contributed by atoms with Crippen molar-refractivity contribution < 1.29 is 0 Å². The molecule has 72 valence electrons. The molecule has 2 aliphatic rings. The average Bonchev–Trinajstić information content (AvgIpc) is 2.18. The Balaban J connectivity index is 2.23. The van der Waals surface area contributed by atoms with Crippen LogP contribution >= 0.6 is 0 Å². The number of nitrogens with two attached hydrogens (primary N) is 1. The van der Waals surface area contributed by atoms with E-state index >= 15 is 0 Å². The zero-order valence-corrected chi connectivity index (χ0v) is 8.16. The van der Waals surface area contributed by atoms with E-state index in [0.717, 1.165) is 17.9 Å². The Morgan fingerprint density at radius 2 is 2.29 bits per heavy atom. The summed E-state index contributed by atoms with van der Waals surface area (Å²) >= 11 is 0. The van der Waals surface area contributed by atoms with Gasteiger partial charge in [-0.25, -0.2) is 4.99 Å². The number of benzene rings is 1. The van der Waals surface area contributed by atoms with Crippen LogP contribution in [-0.4, -0.2) is 5.84 Å². The molecule has 0 radical (unpaired) electrons. The van der Waals surface area contributed by atoms with E-state index in [4.69, 9.17) is 5.73 Å². The summed E-state index contributed by atoms with van der Waals surface area (Å²) in [6.45, 7) is 0. The minimum atomic E-state index is 0.646. The molecular formula is C12H14N2. The maximum Gasteiger partial charge on any atom is 0.100 e. The van der Waals surface area contributed by atoms with E-state index in [2.05, 4.69) is 23.2 Å². The van der Waals surface area contributed by atoms with E-state index in [1.807, 2.05) is 0 Å². The predicted octanol–water partition coefficient (Wildman–Crippen LogP) is 2.50. The van der Waals surface area contributed by atoms with Crippen molar-refractivity contribution >= 4 is 11.5 Å². The molecule has 2 heteroatoms. The Hall–Kier alpha value is -1.31.